The van der Waals surface area contributed by atoms with E-state index in [1.54, 1.807) is 6.92 Å². The van der Waals surface area contributed by atoms with Gasteiger partial charge in [-0.3, -0.25) is 4.79 Å². The third-order valence-corrected chi connectivity index (χ3v) is 3.01. The number of aliphatic hydroxyl groups is 1. The Bertz CT molecular complexity index is 571. The SMILES string of the molecule is CC(O)c1ccc(-c2cccc(CC(=O)O)c2)cc1. The third kappa shape index (κ3) is 3.42. The maximum absolute atomic E-state index is 10.7. The molecule has 0 bridgehead atoms. The van der Waals surface area contributed by atoms with Gasteiger partial charge in [-0.05, 0) is 29.2 Å². The summed E-state index contributed by atoms with van der Waals surface area (Å²) in [5.74, 6) is -0.832. The molecule has 1 atom stereocenters. The highest BCUT2D eigenvalue weighted by Crippen LogP contribution is 2.23. The summed E-state index contributed by atoms with van der Waals surface area (Å²) < 4.78 is 0. The minimum absolute atomic E-state index is 0.0274. The maximum atomic E-state index is 10.7. The largest absolute Gasteiger partial charge is 0.481 e. The zero-order valence-corrected chi connectivity index (χ0v) is 10.7. The molecular formula is C16H16O3. The van der Waals surface area contributed by atoms with Crippen molar-refractivity contribution >= 4 is 5.97 Å². The Morgan fingerprint density at radius 1 is 1.11 bits per heavy atom. The van der Waals surface area contributed by atoms with Gasteiger partial charge in [-0.1, -0.05) is 48.5 Å². The summed E-state index contributed by atoms with van der Waals surface area (Å²) in [6.07, 6.45) is -0.452. The molecule has 1 unspecified atom stereocenters. The van der Waals surface area contributed by atoms with Crippen LogP contribution in [0.15, 0.2) is 48.5 Å². The number of aliphatic carboxylic acids is 1. The highest BCUT2D eigenvalue weighted by atomic mass is 16.4. The van der Waals surface area contributed by atoms with E-state index in [2.05, 4.69) is 0 Å². The second-order valence-electron chi connectivity index (χ2n) is 4.57. The average Bonchev–Trinajstić information content (AvgIpc) is 2.38. The van der Waals surface area contributed by atoms with E-state index >= 15 is 0 Å². The molecule has 0 saturated carbocycles. The Hall–Kier alpha value is -2.13. The number of aliphatic hydroxyl groups excluding tert-OH is 1. The summed E-state index contributed by atoms with van der Waals surface area (Å²) in [4.78, 5) is 10.7. The van der Waals surface area contributed by atoms with Crippen molar-refractivity contribution in [1.82, 2.24) is 0 Å². The van der Waals surface area contributed by atoms with Crippen LogP contribution in [0.3, 0.4) is 0 Å². The smallest absolute Gasteiger partial charge is 0.307 e. The highest BCUT2D eigenvalue weighted by molar-refractivity contribution is 5.72. The molecule has 3 heteroatoms. The van der Waals surface area contributed by atoms with Crippen molar-refractivity contribution in [2.24, 2.45) is 0 Å². The van der Waals surface area contributed by atoms with E-state index in [-0.39, 0.29) is 6.42 Å². The van der Waals surface area contributed by atoms with Gasteiger partial charge in [0.1, 0.15) is 0 Å². The molecule has 0 aliphatic rings. The van der Waals surface area contributed by atoms with E-state index in [0.717, 1.165) is 22.3 Å². The monoisotopic (exact) mass is 256 g/mol. The molecule has 0 radical (unpaired) electrons. The predicted molar refractivity (Wildman–Crippen MR) is 73.9 cm³/mol. The van der Waals surface area contributed by atoms with E-state index in [4.69, 9.17) is 5.11 Å². The van der Waals surface area contributed by atoms with Gasteiger partial charge < -0.3 is 10.2 Å². The fraction of sp³-hybridized carbons (Fsp3) is 0.188. The molecule has 2 rings (SSSR count). The van der Waals surface area contributed by atoms with Crippen molar-refractivity contribution in [2.45, 2.75) is 19.4 Å². The summed E-state index contributed by atoms with van der Waals surface area (Å²) in [5.41, 5.74) is 3.64. The molecule has 2 aromatic carbocycles. The third-order valence-electron chi connectivity index (χ3n) is 3.01. The molecule has 0 aromatic heterocycles. The van der Waals surface area contributed by atoms with Crippen LogP contribution in [-0.4, -0.2) is 16.2 Å². The number of carboxylic acid groups (broad SMARTS) is 1. The summed E-state index contributed by atoms with van der Waals surface area (Å²) >= 11 is 0. The molecule has 0 fully saturated rings. The standard InChI is InChI=1S/C16H16O3/c1-11(17)13-5-7-14(8-6-13)15-4-2-3-12(9-15)10-16(18)19/h2-9,11,17H,10H2,1H3,(H,18,19). The van der Waals surface area contributed by atoms with Crippen molar-refractivity contribution in [3.05, 3.63) is 59.7 Å². The summed E-state index contributed by atoms with van der Waals surface area (Å²) in [6, 6.07) is 15.1. The van der Waals surface area contributed by atoms with Gasteiger partial charge in [0.2, 0.25) is 0 Å². The summed E-state index contributed by atoms with van der Waals surface area (Å²) in [6.45, 7) is 1.72. The van der Waals surface area contributed by atoms with E-state index in [0.29, 0.717) is 0 Å². The zero-order valence-electron chi connectivity index (χ0n) is 10.7. The van der Waals surface area contributed by atoms with Crippen molar-refractivity contribution in [3.63, 3.8) is 0 Å². The van der Waals surface area contributed by atoms with Gasteiger partial charge in [0.15, 0.2) is 0 Å². The first-order valence-electron chi connectivity index (χ1n) is 6.15. The number of carboxylic acids is 1. The minimum atomic E-state index is -0.832. The molecule has 0 amide bonds. The first-order chi connectivity index (χ1) is 9.06. The summed E-state index contributed by atoms with van der Waals surface area (Å²) in [7, 11) is 0. The first kappa shape index (κ1) is 13.3. The van der Waals surface area contributed by atoms with Gasteiger partial charge in [-0.2, -0.15) is 0 Å². The lowest BCUT2D eigenvalue weighted by atomic mass is 10.00. The van der Waals surface area contributed by atoms with Crippen LogP contribution in [0, 0.1) is 0 Å². The Morgan fingerprint density at radius 2 is 1.79 bits per heavy atom. The predicted octanol–water partition coefficient (Wildman–Crippen LogP) is 3.03. The Kier molecular flexibility index (Phi) is 3.97. The lowest BCUT2D eigenvalue weighted by Gasteiger charge is -2.07. The van der Waals surface area contributed by atoms with Crippen LogP contribution in [0.25, 0.3) is 11.1 Å². The van der Waals surface area contributed by atoms with Crippen LogP contribution in [0.5, 0.6) is 0 Å². The van der Waals surface area contributed by atoms with Gasteiger partial charge in [0.05, 0.1) is 12.5 Å². The van der Waals surface area contributed by atoms with Crippen molar-refractivity contribution in [2.75, 3.05) is 0 Å². The van der Waals surface area contributed by atoms with Crippen LogP contribution in [-0.2, 0) is 11.2 Å². The zero-order chi connectivity index (χ0) is 13.8. The van der Waals surface area contributed by atoms with Crippen LogP contribution < -0.4 is 0 Å². The van der Waals surface area contributed by atoms with Crippen LogP contribution >= 0.6 is 0 Å². The van der Waals surface area contributed by atoms with Crippen LogP contribution in [0.2, 0.25) is 0 Å². The van der Waals surface area contributed by atoms with Crippen molar-refractivity contribution < 1.29 is 15.0 Å². The average molecular weight is 256 g/mol. The molecule has 2 N–H and O–H groups in total. The molecule has 3 nitrogen and oxygen atoms in total. The van der Waals surface area contributed by atoms with E-state index in [1.807, 2.05) is 48.5 Å². The van der Waals surface area contributed by atoms with Gasteiger partial charge in [0.25, 0.3) is 0 Å². The second kappa shape index (κ2) is 5.67. The van der Waals surface area contributed by atoms with Gasteiger partial charge in [-0.25, -0.2) is 0 Å². The fourth-order valence-electron chi connectivity index (χ4n) is 1.99. The number of benzene rings is 2. The first-order valence-corrected chi connectivity index (χ1v) is 6.15. The van der Waals surface area contributed by atoms with Gasteiger partial charge in [-0.15, -0.1) is 0 Å². The fourth-order valence-corrected chi connectivity index (χ4v) is 1.99. The lowest BCUT2D eigenvalue weighted by molar-refractivity contribution is -0.136. The lowest BCUT2D eigenvalue weighted by Crippen LogP contribution is -1.99. The minimum Gasteiger partial charge on any atom is -0.481 e. The second-order valence-corrected chi connectivity index (χ2v) is 4.57. The molecule has 98 valence electrons. The molecule has 0 saturated heterocycles. The maximum Gasteiger partial charge on any atom is 0.307 e. The molecule has 2 aromatic rings. The topological polar surface area (TPSA) is 57.5 Å². The number of hydrogen-bond acceptors (Lipinski definition) is 2. The molecule has 0 spiro atoms. The van der Waals surface area contributed by atoms with Crippen molar-refractivity contribution in [1.29, 1.82) is 0 Å². The van der Waals surface area contributed by atoms with Crippen molar-refractivity contribution in [3.8, 4) is 11.1 Å². The Morgan fingerprint density at radius 3 is 2.37 bits per heavy atom. The number of rotatable bonds is 4. The van der Waals surface area contributed by atoms with E-state index in [1.165, 1.54) is 0 Å². The quantitative estimate of drug-likeness (QED) is 0.884. The summed E-state index contributed by atoms with van der Waals surface area (Å²) in [5, 5.41) is 18.3. The van der Waals surface area contributed by atoms with E-state index in [9.17, 15) is 9.90 Å². The van der Waals surface area contributed by atoms with Gasteiger partial charge >= 0.3 is 5.97 Å². The normalized spacial score (nSPS) is 12.1. The molecular weight excluding hydrogens is 240 g/mol. The molecule has 0 aliphatic heterocycles. The molecule has 0 heterocycles. The molecule has 19 heavy (non-hydrogen) atoms. The molecule has 0 aliphatic carbocycles. The Labute approximate surface area is 112 Å². The number of hydrogen-bond donors (Lipinski definition) is 2. The number of carbonyl (C=O) groups is 1. The van der Waals surface area contributed by atoms with Crippen LogP contribution in [0.1, 0.15) is 24.2 Å². The Balaban J connectivity index is 2.28. The van der Waals surface area contributed by atoms with E-state index < -0.39 is 12.1 Å². The highest BCUT2D eigenvalue weighted by Gasteiger charge is 2.04. The van der Waals surface area contributed by atoms with Crippen LogP contribution in [0.4, 0.5) is 0 Å². The van der Waals surface area contributed by atoms with Gasteiger partial charge in [0, 0.05) is 0 Å².